The van der Waals surface area contributed by atoms with Crippen molar-refractivity contribution in [3.8, 4) is 0 Å². The van der Waals surface area contributed by atoms with Crippen LogP contribution in [0.1, 0.15) is 24.6 Å². The van der Waals surface area contributed by atoms with E-state index in [0.717, 1.165) is 0 Å². The summed E-state index contributed by atoms with van der Waals surface area (Å²) in [5.74, 6) is 0.610. The van der Waals surface area contributed by atoms with Crippen LogP contribution in [-0.4, -0.2) is 4.37 Å². The maximum atomic E-state index is 3.86. The Labute approximate surface area is 73.3 Å². The first-order valence-corrected chi connectivity index (χ1v) is 3.40. The van der Waals surface area contributed by atoms with E-state index in [1.807, 2.05) is 6.07 Å². The maximum Gasteiger partial charge on any atom is 0 e. The molecule has 1 radical (unpaired) electrons. The molecule has 3 heteroatoms. The molecule has 1 heterocycles. The van der Waals surface area contributed by atoms with E-state index in [4.69, 9.17) is 0 Å². The third kappa shape index (κ3) is 2.57. The zero-order chi connectivity index (χ0) is 5.98. The second-order valence-corrected chi connectivity index (χ2v) is 2.85. The molecule has 0 aromatic carbocycles. The van der Waals surface area contributed by atoms with Gasteiger partial charge in [0, 0.05) is 20.4 Å². The number of aromatic nitrogens is 1. The Morgan fingerprint density at radius 1 is 1.67 bits per heavy atom. The van der Waals surface area contributed by atoms with Crippen molar-refractivity contribution in [2.45, 2.75) is 19.8 Å². The number of hydrogen-bond donors (Lipinski definition) is 0. The predicted molar refractivity (Wildman–Crippen MR) is 35.0 cm³/mol. The van der Waals surface area contributed by atoms with Crippen molar-refractivity contribution in [3.63, 3.8) is 0 Å². The third-order valence-corrected chi connectivity index (χ3v) is 1.98. The molecule has 0 aliphatic rings. The number of hydrogen-bond acceptors (Lipinski definition) is 2. The Bertz CT molecular complexity index is 148. The van der Waals surface area contributed by atoms with Gasteiger partial charge in [0.15, 0.2) is 0 Å². The van der Waals surface area contributed by atoms with Crippen molar-refractivity contribution in [2.75, 3.05) is 0 Å². The quantitative estimate of drug-likeness (QED) is 0.724. The van der Waals surface area contributed by atoms with E-state index < -0.39 is 0 Å². The average Bonchev–Trinajstić information content (AvgIpc) is 2.12. The summed E-state index contributed by atoms with van der Waals surface area (Å²) >= 11 is 1.53. The van der Waals surface area contributed by atoms with Crippen LogP contribution in [0.4, 0.5) is 0 Å². The fourth-order valence-corrected chi connectivity index (χ4v) is 0.995. The molecule has 0 aliphatic carbocycles. The minimum absolute atomic E-state index is 0. The van der Waals surface area contributed by atoms with Gasteiger partial charge in [0.25, 0.3) is 0 Å². The molecule has 0 amide bonds. The van der Waals surface area contributed by atoms with E-state index in [-0.39, 0.29) is 20.4 Å². The molecule has 0 N–H and O–H groups in total. The number of nitrogens with zero attached hydrogens (tertiary/aromatic N) is 1. The summed E-state index contributed by atoms with van der Waals surface area (Å²) < 4.78 is 3.86. The van der Waals surface area contributed by atoms with Crippen molar-refractivity contribution in [3.05, 3.63) is 17.1 Å². The van der Waals surface area contributed by atoms with Crippen molar-refractivity contribution in [1.82, 2.24) is 4.37 Å². The third-order valence-electron chi connectivity index (χ3n) is 0.980. The van der Waals surface area contributed by atoms with E-state index in [9.17, 15) is 0 Å². The van der Waals surface area contributed by atoms with Crippen molar-refractivity contribution in [2.24, 2.45) is 0 Å². The summed E-state index contributed by atoms with van der Waals surface area (Å²) in [6, 6.07) is 1.94. The second kappa shape index (κ2) is 4.16. The Morgan fingerprint density at radius 3 is 2.56 bits per heavy atom. The van der Waals surface area contributed by atoms with E-state index in [0.29, 0.717) is 5.92 Å². The van der Waals surface area contributed by atoms with Crippen LogP contribution in [0.3, 0.4) is 0 Å². The van der Waals surface area contributed by atoms with Crippen molar-refractivity contribution >= 4 is 11.5 Å². The van der Waals surface area contributed by atoms with E-state index in [2.05, 4.69) is 24.4 Å². The first-order valence-electron chi connectivity index (χ1n) is 2.63. The van der Waals surface area contributed by atoms with Gasteiger partial charge >= 0.3 is 0 Å². The Kier molecular flexibility index (Phi) is 4.30. The summed E-state index contributed by atoms with van der Waals surface area (Å²) in [6.45, 7) is 4.31. The standard InChI is InChI=1S/C6H8NS.Re/c1-5(2)6-3-4-7-8-6;/h3,5H,1-2H3;/q-1;. The predicted octanol–water partition coefficient (Wildman–Crippen LogP) is 2.06. The average molecular weight is 312 g/mol. The van der Waals surface area contributed by atoms with Gasteiger partial charge in [-0.25, -0.2) is 6.07 Å². The van der Waals surface area contributed by atoms with Crippen molar-refractivity contribution < 1.29 is 20.4 Å². The van der Waals surface area contributed by atoms with Crippen LogP contribution in [0.5, 0.6) is 0 Å². The van der Waals surface area contributed by atoms with Crippen LogP contribution in [0.25, 0.3) is 0 Å². The fourth-order valence-electron chi connectivity index (χ4n) is 0.467. The molecule has 0 saturated carbocycles. The largest absolute Gasteiger partial charge is 0.325 e. The molecule has 0 spiro atoms. The van der Waals surface area contributed by atoms with Gasteiger partial charge in [-0.1, -0.05) is 19.8 Å². The molecular formula is C6H8NReS-. The molecular weight excluding hydrogens is 304 g/mol. The molecule has 0 fully saturated rings. The molecule has 0 atom stereocenters. The normalized spacial score (nSPS) is 9.22. The van der Waals surface area contributed by atoms with Crippen LogP contribution >= 0.6 is 11.5 Å². The SMILES string of the molecule is CC(C)c1c[c-]ns1.[Re]. The zero-order valence-corrected chi connectivity index (χ0v) is 8.92. The molecule has 51 valence electrons. The first kappa shape index (κ1) is 9.29. The van der Waals surface area contributed by atoms with Gasteiger partial charge in [-0.3, -0.25) is 0 Å². The monoisotopic (exact) mass is 313 g/mol. The summed E-state index contributed by atoms with van der Waals surface area (Å²) in [6.07, 6.45) is 2.78. The van der Waals surface area contributed by atoms with Crippen LogP contribution in [0.2, 0.25) is 0 Å². The zero-order valence-electron chi connectivity index (χ0n) is 5.39. The summed E-state index contributed by atoms with van der Waals surface area (Å²) in [7, 11) is 0. The first-order chi connectivity index (χ1) is 3.80. The van der Waals surface area contributed by atoms with Gasteiger partial charge in [-0.05, 0) is 0 Å². The topological polar surface area (TPSA) is 12.9 Å². The molecule has 0 saturated heterocycles. The summed E-state index contributed by atoms with van der Waals surface area (Å²) in [4.78, 5) is 1.31. The van der Waals surface area contributed by atoms with E-state index in [1.165, 1.54) is 16.4 Å². The van der Waals surface area contributed by atoms with Crippen LogP contribution in [0.15, 0.2) is 6.07 Å². The smallest absolute Gasteiger partial charge is 0 e. The van der Waals surface area contributed by atoms with E-state index >= 15 is 0 Å². The van der Waals surface area contributed by atoms with Crippen LogP contribution in [0, 0.1) is 6.20 Å². The van der Waals surface area contributed by atoms with Crippen LogP contribution in [-0.2, 0) is 20.4 Å². The Morgan fingerprint density at radius 2 is 2.33 bits per heavy atom. The van der Waals surface area contributed by atoms with Gasteiger partial charge in [-0.2, -0.15) is 11.5 Å². The van der Waals surface area contributed by atoms with Gasteiger partial charge in [0.1, 0.15) is 0 Å². The maximum absolute atomic E-state index is 3.86. The van der Waals surface area contributed by atoms with Gasteiger partial charge in [0.05, 0.1) is 0 Å². The molecule has 1 nitrogen and oxygen atoms in total. The van der Waals surface area contributed by atoms with E-state index in [1.54, 1.807) is 0 Å². The van der Waals surface area contributed by atoms with Gasteiger partial charge in [-0.15, -0.1) is 11.1 Å². The van der Waals surface area contributed by atoms with Gasteiger partial charge < -0.3 is 4.37 Å². The number of rotatable bonds is 1. The molecule has 9 heavy (non-hydrogen) atoms. The molecule has 1 rings (SSSR count). The molecule has 0 unspecified atom stereocenters. The van der Waals surface area contributed by atoms with Crippen LogP contribution < -0.4 is 0 Å². The summed E-state index contributed by atoms with van der Waals surface area (Å²) in [5.41, 5.74) is 0. The summed E-state index contributed by atoms with van der Waals surface area (Å²) in [5, 5.41) is 0. The van der Waals surface area contributed by atoms with Gasteiger partial charge in [0.2, 0.25) is 0 Å². The Hall–Kier alpha value is 0.292. The fraction of sp³-hybridized carbons (Fsp3) is 0.500. The molecule has 0 bridgehead atoms. The Balaban J connectivity index is 0.000000640. The second-order valence-electron chi connectivity index (χ2n) is 2.01. The minimum atomic E-state index is 0. The minimum Gasteiger partial charge on any atom is -0.325 e. The molecule has 1 aromatic rings. The molecule has 0 aliphatic heterocycles. The van der Waals surface area contributed by atoms with Crippen molar-refractivity contribution in [1.29, 1.82) is 0 Å². The molecule has 1 aromatic heterocycles.